The Morgan fingerprint density at radius 2 is 1.64 bits per heavy atom. The summed E-state index contributed by atoms with van der Waals surface area (Å²) in [6.07, 6.45) is 1.56. The molecule has 0 amide bonds. The van der Waals surface area contributed by atoms with E-state index in [0.717, 1.165) is 12.0 Å². The van der Waals surface area contributed by atoms with Gasteiger partial charge in [-0.05, 0) is 63.8 Å². The van der Waals surface area contributed by atoms with E-state index in [1.807, 2.05) is 27.7 Å². The topological polar surface area (TPSA) is 18.5 Å². The van der Waals surface area contributed by atoms with Crippen molar-refractivity contribution in [3.05, 3.63) is 46.9 Å². The molecule has 0 aromatic heterocycles. The highest BCUT2D eigenvalue weighted by Gasteiger charge is 2.54. The zero-order chi connectivity index (χ0) is 16.1. The molecule has 5 heteroatoms. The second-order valence-electron chi connectivity index (χ2n) is 7.10. The Bertz CT molecular complexity index is 592. The minimum atomic E-state index is -0.941. The van der Waals surface area contributed by atoms with Crippen molar-refractivity contribution in [1.29, 1.82) is 0 Å². The number of benzene rings is 1. The Balaban J connectivity index is 1.83. The first kappa shape index (κ1) is 15.7. The molecule has 1 aromatic rings. The molecular weight excluding hydrogens is 285 g/mol. The van der Waals surface area contributed by atoms with E-state index < -0.39 is 18.3 Å². The van der Waals surface area contributed by atoms with Crippen LogP contribution in [0, 0.1) is 5.82 Å². The summed E-state index contributed by atoms with van der Waals surface area (Å²) >= 11 is 0. The maximum atomic E-state index is 14.8. The minimum absolute atomic E-state index is 0.000348. The van der Waals surface area contributed by atoms with Crippen LogP contribution in [0.2, 0.25) is 0 Å². The van der Waals surface area contributed by atoms with Crippen LogP contribution in [0.25, 0.3) is 0 Å². The van der Waals surface area contributed by atoms with Gasteiger partial charge in [0.25, 0.3) is 0 Å². The standard InChI is InChI=1S/C17H21BF2O2/c1-16(2)17(3,4)22-18(21-16)15(20)14-10-9-13(14)11-5-7-12(19)8-6-11/h5-8,13H,9-10H2,1-4H3. The van der Waals surface area contributed by atoms with E-state index in [1.165, 1.54) is 12.1 Å². The maximum Gasteiger partial charge on any atom is 0.525 e. The summed E-state index contributed by atoms with van der Waals surface area (Å²) in [5, 5.41) is 0. The van der Waals surface area contributed by atoms with E-state index in [-0.39, 0.29) is 17.5 Å². The molecule has 2 nitrogen and oxygen atoms in total. The molecule has 2 fully saturated rings. The van der Waals surface area contributed by atoms with Crippen molar-refractivity contribution in [2.24, 2.45) is 0 Å². The van der Waals surface area contributed by atoms with E-state index in [2.05, 4.69) is 0 Å². The fourth-order valence-electron chi connectivity index (χ4n) is 2.88. The number of allylic oxidation sites excluding steroid dienone is 1. The van der Waals surface area contributed by atoms with Crippen LogP contribution in [0.4, 0.5) is 8.78 Å². The third kappa shape index (κ3) is 2.50. The van der Waals surface area contributed by atoms with E-state index >= 15 is 0 Å². The van der Waals surface area contributed by atoms with E-state index in [9.17, 15) is 8.78 Å². The zero-order valence-corrected chi connectivity index (χ0v) is 13.5. The molecule has 1 unspecified atom stereocenters. The van der Waals surface area contributed by atoms with E-state index in [1.54, 1.807) is 12.1 Å². The van der Waals surface area contributed by atoms with Crippen LogP contribution in [0.5, 0.6) is 0 Å². The summed E-state index contributed by atoms with van der Waals surface area (Å²) in [7, 11) is -0.941. The Labute approximate surface area is 130 Å². The lowest BCUT2D eigenvalue weighted by molar-refractivity contribution is 0.00578. The normalized spacial score (nSPS) is 28.5. The van der Waals surface area contributed by atoms with E-state index in [0.29, 0.717) is 12.0 Å². The van der Waals surface area contributed by atoms with Crippen molar-refractivity contribution in [3.8, 4) is 0 Å². The van der Waals surface area contributed by atoms with E-state index in [4.69, 9.17) is 9.31 Å². The van der Waals surface area contributed by atoms with Crippen molar-refractivity contribution in [1.82, 2.24) is 0 Å². The smallest absolute Gasteiger partial charge is 0.398 e. The minimum Gasteiger partial charge on any atom is -0.398 e. The first-order chi connectivity index (χ1) is 10.2. The fourth-order valence-corrected chi connectivity index (χ4v) is 2.88. The lowest BCUT2D eigenvalue weighted by Gasteiger charge is -2.32. The van der Waals surface area contributed by atoms with Gasteiger partial charge in [-0.2, -0.15) is 0 Å². The van der Waals surface area contributed by atoms with Crippen LogP contribution in [0.1, 0.15) is 52.0 Å². The number of rotatable bonds is 2. The average Bonchev–Trinajstić information content (AvgIpc) is 2.60. The van der Waals surface area contributed by atoms with Gasteiger partial charge in [0, 0.05) is 5.92 Å². The molecule has 1 aromatic carbocycles. The predicted molar refractivity (Wildman–Crippen MR) is 82.6 cm³/mol. The van der Waals surface area contributed by atoms with Crippen LogP contribution in [0.15, 0.2) is 35.6 Å². The van der Waals surface area contributed by atoms with Gasteiger partial charge in [-0.15, -0.1) is 0 Å². The van der Waals surface area contributed by atoms with Gasteiger partial charge < -0.3 is 9.31 Å². The molecule has 0 spiro atoms. The van der Waals surface area contributed by atoms with Gasteiger partial charge in [0.2, 0.25) is 0 Å². The molecule has 1 aliphatic carbocycles. The molecule has 1 saturated carbocycles. The summed E-state index contributed by atoms with van der Waals surface area (Å²) in [6.45, 7) is 7.62. The second-order valence-corrected chi connectivity index (χ2v) is 7.10. The SMILES string of the molecule is CC1(C)OB(C(F)=C2CCC2c2ccc(F)cc2)OC1(C)C. The molecule has 2 aliphatic rings. The molecule has 1 aliphatic heterocycles. The third-order valence-electron chi connectivity index (χ3n) is 5.16. The van der Waals surface area contributed by atoms with Crippen LogP contribution in [0.3, 0.4) is 0 Å². The zero-order valence-electron chi connectivity index (χ0n) is 13.5. The first-order valence-corrected chi connectivity index (χ1v) is 7.71. The van der Waals surface area contributed by atoms with Gasteiger partial charge in [-0.1, -0.05) is 12.1 Å². The third-order valence-corrected chi connectivity index (χ3v) is 5.16. The highest BCUT2D eigenvalue weighted by atomic mass is 19.1. The molecule has 118 valence electrons. The molecule has 1 heterocycles. The number of hydrogen-bond donors (Lipinski definition) is 0. The van der Waals surface area contributed by atoms with Crippen molar-refractivity contribution >= 4 is 7.12 Å². The lowest BCUT2D eigenvalue weighted by atomic mass is 9.69. The summed E-state index contributed by atoms with van der Waals surface area (Å²) in [5.41, 5.74) is 0.230. The highest BCUT2D eigenvalue weighted by Crippen LogP contribution is 2.47. The van der Waals surface area contributed by atoms with Crippen LogP contribution in [-0.4, -0.2) is 18.3 Å². The van der Waals surface area contributed by atoms with Gasteiger partial charge in [0.15, 0.2) is 0 Å². The number of hydrogen-bond acceptors (Lipinski definition) is 2. The van der Waals surface area contributed by atoms with Crippen molar-refractivity contribution in [2.45, 2.75) is 57.7 Å². The monoisotopic (exact) mass is 306 g/mol. The Morgan fingerprint density at radius 3 is 2.09 bits per heavy atom. The van der Waals surface area contributed by atoms with Crippen LogP contribution in [-0.2, 0) is 9.31 Å². The van der Waals surface area contributed by atoms with Crippen molar-refractivity contribution < 1.29 is 18.1 Å². The predicted octanol–water partition coefficient (Wildman–Crippen LogP) is 4.56. The molecular formula is C17H21BF2O2. The summed E-state index contributed by atoms with van der Waals surface area (Å²) < 4.78 is 39.4. The molecule has 0 bridgehead atoms. The summed E-state index contributed by atoms with van der Waals surface area (Å²) in [6, 6.07) is 6.27. The molecule has 0 radical (unpaired) electrons. The van der Waals surface area contributed by atoms with Crippen molar-refractivity contribution in [2.75, 3.05) is 0 Å². The van der Waals surface area contributed by atoms with Gasteiger partial charge in [-0.25, -0.2) is 8.78 Å². The second kappa shape index (κ2) is 5.17. The summed E-state index contributed by atoms with van der Waals surface area (Å²) in [4.78, 5) is 0. The molecule has 1 atom stereocenters. The highest BCUT2D eigenvalue weighted by molar-refractivity contribution is 6.54. The van der Waals surface area contributed by atoms with Crippen LogP contribution >= 0.6 is 0 Å². The Hall–Kier alpha value is -1.20. The molecule has 22 heavy (non-hydrogen) atoms. The van der Waals surface area contributed by atoms with Gasteiger partial charge in [0.05, 0.1) is 11.2 Å². The lowest BCUT2D eigenvalue weighted by Crippen LogP contribution is -2.41. The number of halogens is 2. The maximum absolute atomic E-state index is 14.8. The first-order valence-electron chi connectivity index (χ1n) is 7.71. The van der Waals surface area contributed by atoms with Gasteiger partial charge in [-0.3, -0.25) is 0 Å². The largest absolute Gasteiger partial charge is 0.525 e. The molecule has 1 saturated heterocycles. The van der Waals surface area contributed by atoms with Gasteiger partial charge >= 0.3 is 7.12 Å². The summed E-state index contributed by atoms with van der Waals surface area (Å²) in [5.74, 6) is -0.278. The Kier molecular flexibility index (Phi) is 3.69. The molecule has 0 N–H and O–H groups in total. The fraction of sp³-hybridized carbons (Fsp3) is 0.529. The van der Waals surface area contributed by atoms with Crippen LogP contribution < -0.4 is 0 Å². The van der Waals surface area contributed by atoms with Crippen molar-refractivity contribution in [3.63, 3.8) is 0 Å². The Morgan fingerprint density at radius 1 is 1.09 bits per heavy atom. The quantitative estimate of drug-likeness (QED) is 0.746. The average molecular weight is 306 g/mol. The molecule has 3 rings (SSSR count). The van der Waals surface area contributed by atoms with Gasteiger partial charge in [0.1, 0.15) is 11.5 Å².